The molecular formula is C31H19FN2O. The smallest absolute Gasteiger partial charge is 0.144 e. The fourth-order valence-corrected chi connectivity index (χ4v) is 4.80. The van der Waals surface area contributed by atoms with E-state index in [4.69, 9.17) is 4.42 Å². The largest absolute Gasteiger partial charge is 0.455 e. The van der Waals surface area contributed by atoms with Gasteiger partial charge < -0.3 is 4.42 Å². The molecule has 0 bridgehead atoms. The molecule has 4 aromatic carbocycles. The van der Waals surface area contributed by atoms with Gasteiger partial charge in [-0.15, -0.1) is 0 Å². The van der Waals surface area contributed by atoms with E-state index in [1.165, 1.54) is 18.3 Å². The lowest BCUT2D eigenvalue weighted by Gasteiger charge is -2.09. The number of halogens is 1. The zero-order chi connectivity index (χ0) is 23.9. The van der Waals surface area contributed by atoms with Gasteiger partial charge in [-0.05, 0) is 65.6 Å². The lowest BCUT2D eigenvalue weighted by molar-refractivity contribution is 0.626. The van der Waals surface area contributed by atoms with Gasteiger partial charge in [-0.1, -0.05) is 48.5 Å². The molecule has 35 heavy (non-hydrogen) atoms. The molecule has 0 unspecified atom stereocenters. The van der Waals surface area contributed by atoms with Crippen LogP contribution >= 0.6 is 0 Å². The molecule has 166 valence electrons. The first-order valence-electron chi connectivity index (χ1n) is 11.3. The number of rotatable bonds is 3. The Morgan fingerprint density at radius 1 is 0.829 bits per heavy atom. The van der Waals surface area contributed by atoms with E-state index >= 15 is 0 Å². The van der Waals surface area contributed by atoms with Crippen molar-refractivity contribution < 1.29 is 8.81 Å². The zero-order valence-corrected chi connectivity index (χ0v) is 18.9. The summed E-state index contributed by atoms with van der Waals surface area (Å²) in [5, 5.41) is 11.8. The summed E-state index contributed by atoms with van der Waals surface area (Å²) in [6.07, 6.45) is 1.47. The minimum Gasteiger partial charge on any atom is -0.455 e. The van der Waals surface area contributed by atoms with Gasteiger partial charge in [-0.3, -0.25) is 4.98 Å². The number of aromatic nitrogens is 1. The van der Waals surface area contributed by atoms with Crippen molar-refractivity contribution in [3.8, 4) is 39.6 Å². The highest BCUT2D eigenvalue weighted by molar-refractivity contribution is 6.13. The van der Waals surface area contributed by atoms with Crippen molar-refractivity contribution in [3.63, 3.8) is 0 Å². The van der Waals surface area contributed by atoms with Crippen LogP contribution < -0.4 is 0 Å². The molecule has 0 radical (unpaired) electrons. The molecule has 0 fully saturated rings. The first-order valence-corrected chi connectivity index (χ1v) is 11.3. The third-order valence-electron chi connectivity index (χ3n) is 6.44. The molecule has 2 heterocycles. The number of pyridine rings is 1. The highest BCUT2D eigenvalue weighted by Crippen LogP contribution is 2.41. The predicted molar refractivity (Wildman–Crippen MR) is 137 cm³/mol. The normalized spacial score (nSPS) is 11.1. The van der Waals surface area contributed by atoms with Gasteiger partial charge in [0.1, 0.15) is 17.0 Å². The SMILES string of the molecule is Cc1c(-c2cc(F)ccn2)ccc2oc3c(-c4cccc(-c5ccccc5)c4)c(C#N)ccc3c12. The van der Waals surface area contributed by atoms with E-state index in [1.807, 2.05) is 61.5 Å². The van der Waals surface area contributed by atoms with E-state index < -0.39 is 0 Å². The van der Waals surface area contributed by atoms with Crippen LogP contribution in [-0.2, 0) is 0 Å². The Kier molecular flexibility index (Phi) is 4.90. The quantitative estimate of drug-likeness (QED) is 0.270. The summed E-state index contributed by atoms with van der Waals surface area (Å²) in [5.74, 6) is -0.328. The van der Waals surface area contributed by atoms with E-state index in [9.17, 15) is 9.65 Å². The first-order chi connectivity index (χ1) is 17.1. The van der Waals surface area contributed by atoms with Crippen molar-refractivity contribution in [2.75, 3.05) is 0 Å². The molecule has 2 aromatic heterocycles. The van der Waals surface area contributed by atoms with E-state index in [0.717, 1.165) is 44.2 Å². The first kappa shape index (κ1) is 20.8. The molecule has 3 nitrogen and oxygen atoms in total. The number of hydrogen-bond acceptors (Lipinski definition) is 3. The molecule has 0 N–H and O–H groups in total. The minimum atomic E-state index is -0.328. The summed E-state index contributed by atoms with van der Waals surface area (Å²) < 4.78 is 20.3. The minimum absolute atomic E-state index is 0.328. The van der Waals surface area contributed by atoms with Crippen molar-refractivity contribution in [1.29, 1.82) is 5.26 Å². The van der Waals surface area contributed by atoms with Crippen LogP contribution in [0, 0.1) is 24.1 Å². The second kappa shape index (κ2) is 8.23. The molecule has 0 amide bonds. The Morgan fingerprint density at radius 3 is 2.43 bits per heavy atom. The van der Waals surface area contributed by atoms with Crippen LogP contribution in [0.3, 0.4) is 0 Å². The van der Waals surface area contributed by atoms with Crippen LogP contribution in [0.4, 0.5) is 4.39 Å². The van der Waals surface area contributed by atoms with Crippen LogP contribution in [0.25, 0.3) is 55.4 Å². The van der Waals surface area contributed by atoms with Gasteiger partial charge in [0.2, 0.25) is 0 Å². The molecule has 0 aliphatic heterocycles. The third-order valence-corrected chi connectivity index (χ3v) is 6.44. The molecule has 0 spiro atoms. The maximum absolute atomic E-state index is 13.9. The molecule has 0 aliphatic rings. The Hall–Kier alpha value is -4.75. The molecule has 0 aliphatic carbocycles. The summed E-state index contributed by atoms with van der Waals surface area (Å²) in [4.78, 5) is 4.36. The summed E-state index contributed by atoms with van der Waals surface area (Å²) in [5.41, 5.74) is 8.15. The van der Waals surface area contributed by atoms with Gasteiger partial charge in [-0.25, -0.2) is 4.39 Å². The molecule has 6 rings (SSSR count). The second-order valence-corrected chi connectivity index (χ2v) is 8.50. The lowest BCUT2D eigenvalue weighted by Crippen LogP contribution is -1.89. The molecule has 0 saturated heterocycles. The maximum atomic E-state index is 13.9. The summed E-state index contributed by atoms with van der Waals surface area (Å²) in [6.45, 7) is 1.99. The van der Waals surface area contributed by atoms with E-state index in [1.54, 1.807) is 0 Å². The molecule has 0 atom stereocenters. The van der Waals surface area contributed by atoms with Gasteiger partial charge in [-0.2, -0.15) is 5.26 Å². The second-order valence-electron chi connectivity index (χ2n) is 8.50. The van der Waals surface area contributed by atoms with Crippen LogP contribution in [0.1, 0.15) is 11.1 Å². The number of nitrogens with zero attached hydrogens (tertiary/aromatic N) is 2. The number of hydrogen-bond donors (Lipinski definition) is 0. The topological polar surface area (TPSA) is 49.8 Å². The van der Waals surface area contributed by atoms with Gasteiger partial charge in [0.15, 0.2) is 0 Å². The number of benzene rings is 4. The Balaban J connectivity index is 1.61. The standard InChI is InChI=1S/C31H19FN2O/c1-19-25(27-17-24(32)14-15-34-27)12-13-28-29(19)26-11-10-23(18-33)30(31(26)35-28)22-9-5-8-21(16-22)20-6-3-2-4-7-20/h2-17H,1H3. The van der Waals surface area contributed by atoms with E-state index in [-0.39, 0.29) is 5.82 Å². The average molecular weight is 455 g/mol. The predicted octanol–water partition coefficient (Wildman–Crippen LogP) is 8.30. The fraction of sp³-hybridized carbons (Fsp3) is 0.0323. The van der Waals surface area contributed by atoms with Crippen LogP contribution in [0.2, 0.25) is 0 Å². The number of fused-ring (bicyclic) bond motifs is 3. The number of furan rings is 1. The number of nitriles is 1. The molecular weight excluding hydrogens is 435 g/mol. The van der Waals surface area contributed by atoms with Gasteiger partial charge in [0.05, 0.1) is 17.3 Å². The van der Waals surface area contributed by atoms with Gasteiger partial charge >= 0.3 is 0 Å². The summed E-state index contributed by atoms with van der Waals surface area (Å²) >= 11 is 0. The Labute approximate surface area is 201 Å². The van der Waals surface area contributed by atoms with Crippen LogP contribution in [0.5, 0.6) is 0 Å². The Bertz CT molecular complexity index is 1780. The van der Waals surface area contributed by atoms with Crippen LogP contribution in [0.15, 0.2) is 102 Å². The van der Waals surface area contributed by atoms with Gasteiger partial charge in [0.25, 0.3) is 0 Å². The van der Waals surface area contributed by atoms with Gasteiger partial charge in [0, 0.05) is 34.2 Å². The molecule has 4 heteroatoms. The third kappa shape index (κ3) is 3.46. The number of aryl methyl sites for hydroxylation is 1. The highest BCUT2D eigenvalue weighted by atomic mass is 19.1. The summed E-state index contributed by atoms with van der Waals surface area (Å²) in [6, 6.07) is 31.0. The molecule has 0 saturated carbocycles. The van der Waals surface area contributed by atoms with E-state index in [2.05, 4.69) is 35.3 Å². The summed E-state index contributed by atoms with van der Waals surface area (Å²) in [7, 11) is 0. The van der Waals surface area contributed by atoms with Crippen molar-refractivity contribution in [3.05, 3.63) is 114 Å². The lowest BCUT2D eigenvalue weighted by atomic mass is 9.93. The average Bonchev–Trinajstić information content (AvgIpc) is 3.28. The van der Waals surface area contributed by atoms with Crippen molar-refractivity contribution in [2.24, 2.45) is 0 Å². The fourth-order valence-electron chi connectivity index (χ4n) is 4.80. The van der Waals surface area contributed by atoms with Crippen LogP contribution in [-0.4, -0.2) is 4.98 Å². The molecule has 6 aromatic rings. The van der Waals surface area contributed by atoms with Crippen molar-refractivity contribution >= 4 is 21.9 Å². The van der Waals surface area contributed by atoms with Crippen molar-refractivity contribution in [1.82, 2.24) is 4.98 Å². The monoisotopic (exact) mass is 454 g/mol. The van der Waals surface area contributed by atoms with E-state index in [0.29, 0.717) is 22.4 Å². The zero-order valence-electron chi connectivity index (χ0n) is 18.9. The maximum Gasteiger partial charge on any atom is 0.144 e. The highest BCUT2D eigenvalue weighted by Gasteiger charge is 2.19. The Morgan fingerprint density at radius 2 is 1.63 bits per heavy atom. The van der Waals surface area contributed by atoms with Crippen molar-refractivity contribution in [2.45, 2.75) is 6.92 Å².